The number of carbonyl (C=O) groups excluding carboxylic acids is 1. The van der Waals surface area contributed by atoms with E-state index in [-0.39, 0.29) is 5.91 Å². The van der Waals surface area contributed by atoms with Gasteiger partial charge in [-0.3, -0.25) is 4.79 Å². The highest BCUT2D eigenvalue weighted by molar-refractivity contribution is 7.99. The van der Waals surface area contributed by atoms with Crippen molar-refractivity contribution in [1.82, 2.24) is 25.1 Å². The van der Waals surface area contributed by atoms with Crippen LogP contribution in [0.2, 0.25) is 0 Å². The van der Waals surface area contributed by atoms with Crippen LogP contribution in [0.4, 0.5) is 5.82 Å². The number of carbonyl (C=O) groups is 1. The number of nitrogens with zero attached hydrogens (tertiary/aromatic N) is 4. The zero-order chi connectivity index (χ0) is 22.9. The van der Waals surface area contributed by atoms with Crippen molar-refractivity contribution < 1.29 is 9.53 Å². The van der Waals surface area contributed by atoms with Gasteiger partial charge in [0.05, 0.1) is 25.2 Å². The Morgan fingerprint density at radius 2 is 2.00 bits per heavy atom. The molecule has 0 atom stereocenters. The molecule has 0 bridgehead atoms. The van der Waals surface area contributed by atoms with E-state index in [0.717, 1.165) is 45.6 Å². The molecule has 0 saturated carbocycles. The van der Waals surface area contributed by atoms with Crippen molar-refractivity contribution >= 4 is 34.5 Å². The van der Waals surface area contributed by atoms with Crippen LogP contribution < -0.4 is 15.4 Å². The molecule has 3 aromatic rings. The molecule has 3 rings (SSSR count). The quantitative estimate of drug-likeness (QED) is 0.316. The first-order valence-corrected chi connectivity index (χ1v) is 12.0. The van der Waals surface area contributed by atoms with E-state index in [1.165, 1.54) is 0 Å². The van der Waals surface area contributed by atoms with Crippen molar-refractivity contribution in [3.63, 3.8) is 0 Å². The topological polar surface area (TPSA) is 94.0 Å². The van der Waals surface area contributed by atoms with Crippen molar-refractivity contribution in [3.05, 3.63) is 36.0 Å². The highest BCUT2D eigenvalue weighted by Crippen LogP contribution is 2.24. The molecule has 0 spiro atoms. The van der Waals surface area contributed by atoms with Gasteiger partial charge < -0.3 is 15.4 Å². The van der Waals surface area contributed by atoms with Crippen LogP contribution in [0.5, 0.6) is 5.75 Å². The van der Waals surface area contributed by atoms with Crippen LogP contribution in [-0.2, 0) is 17.8 Å². The van der Waals surface area contributed by atoms with Crippen molar-refractivity contribution in [1.29, 1.82) is 0 Å². The van der Waals surface area contributed by atoms with Gasteiger partial charge in [-0.25, -0.2) is 14.6 Å². The van der Waals surface area contributed by atoms with E-state index in [1.54, 1.807) is 25.1 Å². The molecule has 2 N–H and O–H groups in total. The monoisotopic (exact) mass is 456 g/mol. The number of thioether (sulfide) groups is 1. The fraction of sp³-hybridized carbons (Fsp3) is 0.478. The van der Waals surface area contributed by atoms with Gasteiger partial charge in [0.2, 0.25) is 5.91 Å². The lowest BCUT2D eigenvalue weighted by molar-refractivity contribution is -0.121. The van der Waals surface area contributed by atoms with Crippen molar-refractivity contribution in [2.24, 2.45) is 5.92 Å². The number of hydrogen-bond acceptors (Lipinski definition) is 7. The molecule has 0 aliphatic heterocycles. The molecule has 1 amide bonds. The molecule has 0 unspecified atom stereocenters. The van der Waals surface area contributed by atoms with Gasteiger partial charge in [0.25, 0.3) is 0 Å². The Hall–Kier alpha value is -2.81. The third kappa shape index (κ3) is 6.59. The highest BCUT2D eigenvalue weighted by atomic mass is 32.2. The lowest BCUT2D eigenvalue weighted by Crippen LogP contribution is -2.27. The Labute approximate surface area is 193 Å². The molecule has 0 saturated heterocycles. The number of aromatic nitrogens is 4. The smallest absolute Gasteiger partial charge is 0.220 e. The maximum atomic E-state index is 12.3. The van der Waals surface area contributed by atoms with Gasteiger partial charge in [0, 0.05) is 19.5 Å². The fourth-order valence-corrected chi connectivity index (χ4v) is 3.73. The van der Waals surface area contributed by atoms with Crippen LogP contribution in [0.1, 0.15) is 32.8 Å². The van der Waals surface area contributed by atoms with E-state index < -0.39 is 0 Å². The van der Waals surface area contributed by atoms with Crippen molar-refractivity contribution in [2.75, 3.05) is 31.3 Å². The molecule has 32 heavy (non-hydrogen) atoms. The lowest BCUT2D eigenvalue weighted by atomic mass is 10.1. The van der Waals surface area contributed by atoms with Gasteiger partial charge in [-0.05, 0) is 35.8 Å². The second-order valence-corrected chi connectivity index (χ2v) is 9.10. The average Bonchev–Trinajstić information content (AvgIpc) is 3.19. The number of fused-ring (bicyclic) bond motifs is 1. The molecular weight excluding hydrogens is 424 g/mol. The van der Waals surface area contributed by atoms with Crippen LogP contribution in [-0.4, -0.2) is 51.6 Å². The molecular formula is C23H32N6O2S. The number of ether oxygens (including phenoxy) is 1. The minimum absolute atomic E-state index is 0.0217. The summed E-state index contributed by atoms with van der Waals surface area (Å²) < 4.78 is 7.00. The third-order valence-electron chi connectivity index (χ3n) is 4.87. The van der Waals surface area contributed by atoms with Crippen LogP contribution in [0.15, 0.2) is 35.6 Å². The minimum atomic E-state index is 0.0217. The number of hydrogen-bond donors (Lipinski definition) is 2. The molecule has 0 aliphatic rings. The summed E-state index contributed by atoms with van der Waals surface area (Å²) in [7, 11) is 1.64. The summed E-state index contributed by atoms with van der Waals surface area (Å²) in [5, 5.41) is 12.5. The van der Waals surface area contributed by atoms with E-state index in [0.29, 0.717) is 31.8 Å². The average molecular weight is 457 g/mol. The number of anilines is 1. The number of amides is 1. The molecule has 9 heteroatoms. The molecule has 172 valence electrons. The number of benzene rings is 1. The molecule has 8 nitrogen and oxygen atoms in total. The van der Waals surface area contributed by atoms with Crippen molar-refractivity contribution in [2.45, 2.75) is 45.3 Å². The van der Waals surface area contributed by atoms with Gasteiger partial charge in [0.15, 0.2) is 10.8 Å². The summed E-state index contributed by atoms with van der Waals surface area (Å²) in [6, 6.07) is 7.79. The SMILES string of the molecule is CCSc1nc(NCC(C)C)c2cnn(CCNC(=O)CCc3ccc(OC)cc3)c2n1. The summed E-state index contributed by atoms with van der Waals surface area (Å²) >= 11 is 1.61. The first-order valence-electron chi connectivity index (χ1n) is 11.0. The highest BCUT2D eigenvalue weighted by Gasteiger charge is 2.14. The van der Waals surface area contributed by atoms with Gasteiger partial charge in [-0.2, -0.15) is 5.10 Å². The molecule has 2 aromatic heterocycles. The fourth-order valence-electron chi connectivity index (χ4n) is 3.17. The Morgan fingerprint density at radius 1 is 1.22 bits per heavy atom. The molecule has 1 aromatic carbocycles. The maximum absolute atomic E-state index is 12.3. The minimum Gasteiger partial charge on any atom is -0.497 e. The first kappa shape index (κ1) is 23.8. The van der Waals surface area contributed by atoms with Gasteiger partial charge >= 0.3 is 0 Å². The summed E-state index contributed by atoms with van der Waals surface area (Å²) in [5.74, 6) is 3.05. The summed E-state index contributed by atoms with van der Waals surface area (Å²) in [6.45, 7) is 8.28. The van der Waals surface area contributed by atoms with Gasteiger partial charge in [-0.15, -0.1) is 0 Å². The van der Waals surface area contributed by atoms with E-state index in [2.05, 4.69) is 46.5 Å². The second kappa shape index (κ2) is 11.7. The number of aryl methyl sites for hydroxylation is 1. The van der Waals surface area contributed by atoms with E-state index in [4.69, 9.17) is 4.74 Å². The van der Waals surface area contributed by atoms with Crippen LogP contribution in [0.25, 0.3) is 11.0 Å². The maximum Gasteiger partial charge on any atom is 0.220 e. The predicted octanol–water partition coefficient (Wildman–Crippen LogP) is 3.76. The number of nitrogens with one attached hydrogen (secondary N) is 2. The van der Waals surface area contributed by atoms with E-state index in [1.807, 2.05) is 28.9 Å². The Morgan fingerprint density at radius 3 is 2.69 bits per heavy atom. The molecule has 0 aliphatic carbocycles. The largest absolute Gasteiger partial charge is 0.497 e. The summed E-state index contributed by atoms with van der Waals surface area (Å²) in [6.07, 6.45) is 2.93. The predicted molar refractivity (Wildman–Crippen MR) is 129 cm³/mol. The van der Waals surface area contributed by atoms with Crippen molar-refractivity contribution in [3.8, 4) is 5.75 Å². The normalized spacial score (nSPS) is 11.2. The first-order chi connectivity index (χ1) is 15.5. The number of methoxy groups -OCH3 is 1. The van der Waals surface area contributed by atoms with Gasteiger partial charge in [0.1, 0.15) is 11.6 Å². The molecule has 0 fully saturated rings. The standard InChI is InChI=1S/C23H32N6O2S/c1-5-32-23-27-21(25-14-16(2)3)19-15-26-29(22(19)28-23)13-12-24-20(30)11-8-17-6-9-18(31-4)10-7-17/h6-7,9-10,15-16H,5,8,11-14H2,1-4H3,(H,24,30)(H,25,27,28). The van der Waals surface area contributed by atoms with Crippen LogP contribution >= 0.6 is 11.8 Å². The van der Waals surface area contributed by atoms with Crippen LogP contribution in [0, 0.1) is 5.92 Å². The second-order valence-electron chi connectivity index (χ2n) is 7.87. The summed E-state index contributed by atoms with van der Waals surface area (Å²) in [4.78, 5) is 21.6. The molecule has 0 radical (unpaired) electrons. The number of rotatable bonds is 12. The zero-order valence-corrected chi connectivity index (χ0v) is 20.0. The molecule has 2 heterocycles. The lowest BCUT2D eigenvalue weighted by Gasteiger charge is -2.11. The zero-order valence-electron chi connectivity index (χ0n) is 19.2. The summed E-state index contributed by atoms with van der Waals surface area (Å²) in [5.41, 5.74) is 1.90. The van der Waals surface area contributed by atoms with E-state index in [9.17, 15) is 4.79 Å². The Bertz CT molecular complexity index is 1020. The Balaban J connectivity index is 1.58. The van der Waals surface area contributed by atoms with E-state index >= 15 is 0 Å². The third-order valence-corrected chi connectivity index (χ3v) is 5.60. The Kier molecular flexibility index (Phi) is 8.72. The van der Waals surface area contributed by atoms with Gasteiger partial charge in [-0.1, -0.05) is 44.7 Å². The van der Waals surface area contributed by atoms with Crippen LogP contribution in [0.3, 0.4) is 0 Å².